The number of hydrogen-bond donors (Lipinski definition) is 1. The fourth-order valence-electron chi connectivity index (χ4n) is 2.69. The number of aliphatic imine (C=N–C) groups is 1. The van der Waals surface area contributed by atoms with Crippen LogP contribution in [0.2, 0.25) is 0 Å². The summed E-state index contributed by atoms with van der Waals surface area (Å²) in [5.74, 6) is 1.15. The van der Waals surface area contributed by atoms with Crippen LogP contribution in [0.3, 0.4) is 0 Å². The molecule has 19 heavy (non-hydrogen) atoms. The molecule has 2 heterocycles. The summed E-state index contributed by atoms with van der Waals surface area (Å²) in [4.78, 5) is 6.68. The van der Waals surface area contributed by atoms with Crippen LogP contribution in [0.5, 0.6) is 0 Å². The van der Waals surface area contributed by atoms with E-state index >= 15 is 0 Å². The van der Waals surface area contributed by atoms with Crippen molar-refractivity contribution in [2.75, 3.05) is 26.2 Å². The number of rotatable bonds is 3. The van der Waals surface area contributed by atoms with Crippen molar-refractivity contribution in [3.8, 4) is 0 Å². The second-order valence-corrected chi connectivity index (χ2v) is 5.29. The standard InChI is InChI=1S/C15H21N3O/c16-15(18-8-4-9-18)17-11-13-7-10-19-14(13)12-5-2-1-3-6-12/h1-3,5-6,13-14H,4,7-11H2,(H2,16,17)/t13-,14-/m0/s1. The van der Waals surface area contributed by atoms with Crippen molar-refractivity contribution in [2.24, 2.45) is 16.6 Å². The minimum Gasteiger partial charge on any atom is -0.373 e. The molecule has 0 saturated carbocycles. The Morgan fingerprint density at radius 1 is 1.32 bits per heavy atom. The van der Waals surface area contributed by atoms with Crippen molar-refractivity contribution >= 4 is 5.96 Å². The molecule has 2 N–H and O–H groups in total. The van der Waals surface area contributed by atoms with E-state index in [0.717, 1.165) is 32.7 Å². The first-order valence-corrected chi connectivity index (χ1v) is 7.06. The van der Waals surface area contributed by atoms with Gasteiger partial charge in [0.05, 0.1) is 6.10 Å². The van der Waals surface area contributed by atoms with Crippen LogP contribution in [-0.4, -0.2) is 37.1 Å². The highest BCUT2D eigenvalue weighted by molar-refractivity contribution is 5.78. The quantitative estimate of drug-likeness (QED) is 0.665. The van der Waals surface area contributed by atoms with Crippen LogP contribution >= 0.6 is 0 Å². The van der Waals surface area contributed by atoms with E-state index in [1.807, 2.05) is 6.07 Å². The summed E-state index contributed by atoms with van der Waals surface area (Å²) in [6, 6.07) is 10.4. The molecule has 4 nitrogen and oxygen atoms in total. The SMILES string of the molecule is NC(=NC[C@@H]1CCO[C@H]1c1ccccc1)N1CCC1. The van der Waals surface area contributed by atoms with Gasteiger partial charge in [-0.15, -0.1) is 0 Å². The number of ether oxygens (including phenoxy) is 1. The lowest BCUT2D eigenvalue weighted by atomic mass is 9.95. The van der Waals surface area contributed by atoms with Crippen molar-refractivity contribution in [3.63, 3.8) is 0 Å². The van der Waals surface area contributed by atoms with Gasteiger partial charge in [0, 0.05) is 32.2 Å². The van der Waals surface area contributed by atoms with E-state index in [1.165, 1.54) is 12.0 Å². The predicted molar refractivity (Wildman–Crippen MR) is 75.9 cm³/mol. The van der Waals surface area contributed by atoms with E-state index in [1.54, 1.807) is 0 Å². The zero-order valence-corrected chi connectivity index (χ0v) is 11.2. The third kappa shape index (κ3) is 2.73. The highest BCUT2D eigenvalue weighted by Crippen LogP contribution is 2.34. The molecule has 0 aromatic heterocycles. The van der Waals surface area contributed by atoms with Crippen LogP contribution in [0.25, 0.3) is 0 Å². The lowest BCUT2D eigenvalue weighted by Gasteiger charge is -2.32. The molecule has 2 saturated heterocycles. The summed E-state index contributed by atoms with van der Waals surface area (Å²) in [6.45, 7) is 3.70. The molecule has 0 aliphatic carbocycles. The van der Waals surface area contributed by atoms with E-state index in [-0.39, 0.29) is 6.10 Å². The zero-order chi connectivity index (χ0) is 13.1. The maximum absolute atomic E-state index is 5.98. The smallest absolute Gasteiger partial charge is 0.191 e. The summed E-state index contributed by atoms with van der Waals surface area (Å²) in [7, 11) is 0. The molecule has 102 valence electrons. The Bertz CT molecular complexity index is 442. The molecule has 2 fully saturated rings. The maximum atomic E-state index is 5.98. The average molecular weight is 259 g/mol. The molecule has 0 unspecified atom stereocenters. The van der Waals surface area contributed by atoms with E-state index in [4.69, 9.17) is 10.5 Å². The Hall–Kier alpha value is -1.55. The zero-order valence-electron chi connectivity index (χ0n) is 11.2. The number of nitrogens with zero attached hydrogens (tertiary/aromatic N) is 2. The Labute approximate surface area is 114 Å². The van der Waals surface area contributed by atoms with Gasteiger partial charge in [-0.2, -0.15) is 0 Å². The predicted octanol–water partition coefficient (Wildman–Crippen LogP) is 1.78. The molecule has 2 aliphatic heterocycles. The highest BCUT2D eigenvalue weighted by Gasteiger charge is 2.29. The Balaban J connectivity index is 1.63. The van der Waals surface area contributed by atoms with Crippen molar-refractivity contribution in [3.05, 3.63) is 35.9 Å². The maximum Gasteiger partial charge on any atom is 0.191 e. The fraction of sp³-hybridized carbons (Fsp3) is 0.533. The summed E-state index contributed by atoms with van der Waals surface area (Å²) in [6.07, 6.45) is 2.47. The molecule has 0 amide bonds. The monoisotopic (exact) mass is 259 g/mol. The van der Waals surface area contributed by atoms with E-state index in [0.29, 0.717) is 11.9 Å². The van der Waals surface area contributed by atoms with Gasteiger partial charge in [-0.3, -0.25) is 4.99 Å². The van der Waals surface area contributed by atoms with Crippen LogP contribution in [0.1, 0.15) is 24.5 Å². The van der Waals surface area contributed by atoms with Gasteiger partial charge in [0.25, 0.3) is 0 Å². The Morgan fingerprint density at radius 2 is 2.11 bits per heavy atom. The molecular formula is C15H21N3O. The number of hydrogen-bond acceptors (Lipinski definition) is 2. The van der Waals surface area contributed by atoms with Crippen molar-refractivity contribution in [1.82, 2.24) is 4.90 Å². The lowest BCUT2D eigenvalue weighted by Crippen LogP contribution is -2.46. The normalized spacial score (nSPS) is 27.4. The average Bonchev–Trinajstić information content (AvgIpc) is 2.83. The van der Waals surface area contributed by atoms with E-state index in [9.17, 15) is 0 Å². The third-order valence-corrected chi connectivity index (χ3v) is 4.01. The summed E-state index contributed by atoms with van der Waals surface area (Å²) in [5, 5.41) is 0. The molecular weight excluding hydrogens is 238 g/mol. The van der Waals surface area contributed by atoms with Crippen LogP contribution in [0, 0.1) is 5.92 Å². The van der Waals surface area contributed by atoms with Gasteiger partial charge in [-0.1, -0.05) is 30.3 Å². The molecule has 0 radical (unpaired) electrons. The van der Waals surface area contributed by atoms with E-state index < -0.39 is 0 Å². The van der Waals surface area contributed by atoms with E-state index in [2.05, 4.69) is 34.2 Å². The highest BCUT2D eigenvalue weighted by atomic mass is 16.5. The summed E-state index contributed by atoms with van der Waals surface area (Å²) < 4.78 is 5.86. The van der Waals surface area contributed by atoms with Gasteiger partial charge in [0.1, 0.15) is 0 Å². The number of likely N-dealkylation sites (tertiary alicyclic amines) is 1. The van der Waals surface area contributed by atoms with Gasteiger partial charge >= 0.3 is 0 Å². The third-order valence-electron chi connectivity index (χ3n) is 4.01. The second-order valence-electron chi connectivity index (χ2n) is 5.29. The van der Waals surface area contributed by atoms with Crippen LogP contribution in [0.15, 0.2) is 35.3 Å². The van der Waals surface area contributed by atoms with Crippen molar-refractivity contribution in [2.45, 2.75) is 18.9 Å². The van der Waals surface area contributed by atoms with Gasteiger partial charge in [0.15, 0.2) is 5.96 Å². The lowest BCUT2D eigenvalue weighted by molar-refractivity contribution is 0.0925. The van der Waals surface area contributed by atoms with Crippen LogP contribution in [-0.2, 0) is 4.74 Å². The van der Waals surface area contributed by atoms with Gasteiger partial charge in [-0.25, -0.2) is 0 Å². The van der Waals surface area contributed by atoms with Crippen LogP contribution in [0.4, 0.5) is 0 Å². The fourth-order valence-corrected chi connectivity index (χ4v) is 2.69. The molecule has 2 aliphatic rings. The second kappa shape index (κ2) is 5.61. The topological polar surface area (TPSA) is 50.9 Å². The molecule has 2 atom stereocenters. The van der Waals surface area contributed by atoms with Crippen LogP contribution < -0.4 is 5.73 Å². The first-order valence-electron chi connectivity index (χ1n) is 7.06. The molecule has 0 bridgehead atoms. The van der Waals surface area contributed by atoms with Crippen molar-refractivity contribution < 1.29 is 4.74 Å². The summed E-state index contributed by atoms with van der Waals surface area (Å²) >= 11 is 0. The first kappa shape index (κ1) is 12.5. The number of guanidine groups is 1. The van der Waals surface area contributed by atoms with Gasteiger partial charge in [-0.05, 0) is 18.4 Å². The number of benzene rings is 1. The van der Waals surface area contributed by atoms with Gasteiger partial charge < -0.3 is 15.4 Å². The largest absolute Gasteiger partial charge is 0.373 e. The molecule has 0 spiro atoms. The molecule has 4 heteroatoms. The minimum atomic E-state index is 0.175. The number of nitrogens with two attached hydrogens (primary N) is 1. The first-order chi connectivity index (χ1) is 9.34. The Morgan fingerprint density at radius 3 is 2.79 bits per heavy atom. The molecule has 1 aromatic carbocycles. The Kier molecular flexibility index (Phi) is 3.69. The molecule has 3 rings (SSSR count). The van der Waals surface area contributed by atoms with Crippen molar-refractivity contribution in [1.29, 1.82) is 0 Å². The minimum absolute atomic E-state index is 0.175. The van der Waals surface area contributed by atoms with Gasteiger partial charge in [0.2, 0.25) is 0 Å². The summed E-state index contributed by atoms with van der Waals surface area (Å²) in [5.41, 5.74) is 7.23. The molecule has 1 aromatic rings.